The summed E-state index contributed by atoms with van der Waals surface area (Å²) in [5.74, 6) is 0.0872. The molecule has 2 aromatic carbocycles. The zero-order valence-corrected chi connectivity index (χ0v) is 12.3. The number of carbonyl (C=O) groups is 1. The maximum atomic E-state index is 12.2. The summed E-state index contributed by atoms with van der Waals surface area (Å²) in [5, 5.41) is 0.656. The lowest BCUT2D eigenvalue weighted by Crippen LogP contribution is -2.04. The molecular weight excluding hydrogens is 312 g/mol. The highest BCUT2D eigenvalue weighted by Gasteiger charge is 2.11. The Hall–Kier alpha value is -1.12. The molecule has 0 saturated carbocycles. The van der Waals surface area contributed by atoms with E-state index in [4.69, 9.17) is 11.6 Å². The van der Waals surface area contributed by atoms with Gasteiger partial charge in [-0.15, -0.1) is 0 Å². The maximum absolute atomic E-state index is 12.2. The smallest absolute Gasteiger partial charge is 0.168 e. The zero-order valence-electron chi connectivity index (χ0n) is 9.91. The number of hydrogen-bond donors (Lipinski definition) is 0. The molecule has 0 bridgehead atoms. The molecule has 1 nitrogen and oxygen atoms in total. The Kier molecular flexibility index (Phi) is 4.20. The molecule has 0 atom stereocenters. The van der Waals surface area contributed by atoms with Gasteiger partial charge in [-0.1, -0.05) is 45.7 Å². The second kappa shape index (κ2) is 5.68. The molecule has 3 heteroatoms. The second-order valence-corrected chi connectivity index (χ2v) is 5.50. The first-order valence-corrected chi connectivity index (χ1v) is 6.77. The van der Waals surface area contributed by atoms with Crippen molar-refractivity contribution in [3.8, 4) is 0 Å². The van der Waals surface area contributed by atoms with Crippen LogP contribution in [-0.2, 0) is 6.42 Å². The molecule has 0 radical (unpaired) electrons. The van der Waals surface area contributed by atoms with Crippen LogP contribution in [0.4, 0.5) is 0 Å². The number of halogens is 2. The highest BCUT2D eigenvalue weighted by Crippen LogP contribution is 2.21. The lowest BCUT2D eigenvalue weighted by molar-refractivity contribution is 0.0992. The van der Waals surface area contributed by atoms with Gasteiger partial charge in [-0.2, -0.15) is 0 Å². The van der Waals surface area contributed by atoms with Gasteiger partial charge in [0.05, 0.1) is 0 Å². The monoisotopic (exact) mass is 322 g/mol. The summed E-state index contributed by atoms with van der Waals surface area (Å²) >= 11 is 9.33. The Morgan fingerprint density at radius 3 is 2.67 bits per heavy atom. The maximum Gasteiger partial charge on any atom is 0.168 e. The highest BCUT2D eigenvalue weighted by molar-refractivity contribution is 9.10. The summed E-state index contributed by atoms with van der Waals surface area (Å²) in [7, 11) is 0. The molecule has 18 heavy (non-hydrogen) atoms. The van der Waals surface area contributed by atoms with Crippen LogP contribution in [0.25, 0.3) is 0 Å². The summed E-state index contributed by atoms with van der Waals surface area (Å²) in [6.45, 7) is 2.00. The minimum Gasteiger partial charge on any atom is -0.294 e. The molecule has 0 saturated heterocycles. The van der Waals surface area contributed by atoms with Crippen molar-refractivity contribution < 1.29 is 4.79 Å². The molecule has 92 valence electrons. The number of benzene rings is 2. The fraction of sp³-hybridized carbons (Fsp3) is 0.133. The molecule has 0 amide bonds. The van der Waals surface area contributed by atoms with E-state index in [0.29, 0.717) is 17.0 Å². The molecule has 2 rings (SSSR count). The van der Waals surface area contributed by atoms with Crippen LogP contribution < -0.4 is 0 Å². The van der Waals surface area contributed by atoms with Crippen LogP contribution in [0.2, 0.25) is 5.02 Å². The summed E-state index contributed by atoms with van der Waals surface area (Å²) < 4.78 is 0.842. The predicted octanol–water partition coefficient (Wildman–Crippen LogP) is 4.84. The van der Waals surface area contributed by atoms with Crippen molar-refractivity contribution in [3.63, 3.8) is 0 Å². The molecule has 0 unspecified atom stereocenters. The van der Waals surface area contributed by atoms with Crippen LogP contribution in [-0.4, -0.2) is 5.78 Å². The first kappa shape index (κ1) is 13.3. The number of ketones is 1. The number of Topliss-reactive ketones (excluding diaryl/α,β-unsaturated/α-hetero) is 1. The van der Waals surface area contributed by atoms with Gasteiger partial charge in [0.25, 0.3) is 0 Å². The van der Waals surface area contributed by atoms with Gasteiger partial charge in [0, 0.05) is 21.5 Å². The molecule has 0 spiro atoms. The Morgan fingerprint density at radius 2 is 2.00 bits per heavy atom. The SMILES string of the molecule is Cc1ccc(C(=O)Cc2cccc(Cl)c2)c(Br)c1. The van der Waals surface area contributed by atoms with Gasteiger partial charge in [0.1, 0.15) is 0 Å². The van der Waals surface area contributed by atoms with Crippen molar-refractivity contribution in [1.29, 1.82) is 0 Å². The van der Waals surface area contributed by atoms with E-state index < -0.39 is 0 Å². The van der Waals surface area contributed by atoms with Crippen molar-refractivity contribution >= 4 is 33.3 Å². The molecule has 0 heterocycles. The summed E-state index contributed by atoms with van der Waals surface area (Å²) in [5.41, 5.74) is 2.77. The van der Waals surface area contributed by atoms with Gasteiger partial charge < -0.3 is 0 Å². The molecule has 0 aliphatic heterocycles. The van der Waals surface area contributed by atoms with Crippen molar-refractivity contribution in [1.82, 2.24) is 0 Å². The van der Waals surface area contributed by atoms with E-state index in [1.807, 2.05) is 43.3 Å². The van der Waals surface area contributed by atoms with Crippen molar-refractivity contribution in [2.45, 2.75) is 13.3 Å². The molecule has 0 aliphatic carbocycles. The van der Waals surface area contributed by atoms with Gasteiger partial charge >= 0.3 is 0 Å². The van der Waals surface area contributed by atoms with E-state index in [1.165, 1.54) is 0 Å². The minimum absolute atomic E-state index is 0.0872. The van der Waals surface area contributed by atoms with Gasteiger partial charge in [0.15, 0.2) is 5.78 Å². The number of rotatable bonds is 3. The van der Waals surface area contributed by atoms with Crippen molar-refractivity contribution in [2.75, 3.05) is 0 Å². The van der Waals surface area contributed by atoms with Crippen LogP contribution in [0.5, 0.6) is 0 Å². The number of hydrogen-bond acceptors (Lipinski definition) is 1. The quantitative estimate of drug-likeness (QED) is 0.739. The third kappa shape index (κ3) is 3.21. The molecule has 0 aromatic heterocycles. The van der Waals surface area contributed by atoms with E-state index >= 15 is 0 Å². The van der Waals surface area contributed by atoms with Crippen LogP contribution in [0.15, 0.2) is 46.9 Å². The highest BCUT2D eigenvalue weighted by atomic mass is 79.9. The first-order chi connectivity index (χ1) is 8.56. The predicted molar refractivity (Wildman–Crippen MR) is 78.4 cm³/mol. The van der Waals surface area contributed by atoms with Gasteiger partial charge in [-0.25, -0.2) is 0 Å². The molecular formula is C15H12BrClO. The summed E-state index contributed by atoms with van der Waals surface area (Å²) in [6, 6.07) is 13.1. The van der Waals surface area contributed by atoms with Crippen molar-refractivity contribution in [2.24, 2.45) is 0 Å². The van der Waals surface area contributed by atoms with E-state index in [-0.39, 0.29) is 5.78 Å². The second-order valence-electron chi connectivity index (χ2n) is 4.21. The zero-order chi connectivity index (χ0) is 13.1. The number of aryl methyl sites for hydroxylation is 1. The van der Waals surface area contributed by atoms with Crippen LogP contribution in [0.3, 0.4) is 0 Å². The molecule has 0 N–H and O–H groups in total. The third-order valence-corrected chi connectivity index (χ3v) is 3.57. The summed E-state index contributed by atoms with van der Waals surface area (Å²) in [4.78, 5) is 12.2. The first-order valence-electron chi connectivity index (χ1n) is 5.60. The van der Waals surface area contributed by atoms with E-state index in [1.54, 1.807) is 6.07 Å². The largest absolute Gasteiger partial charge is 0.294 e. The average Bonchev–Trinajstić information content (AvgIpc) is 2.28. The standard InChI is InChI=1S/C15H12BrClO/c1-10-5-6-13(14(16)7-10)15(18)9-11-3-2-4-12(17)8-11/h2-8H,9H2,1H3. The summed E-state index contributed by atoms with van der Waals surface area (Å²) in [6.07, 6.45) is 0.363. The van der Waals surface area contributed by atoms with E-state index in [0.717, 1.165) is 15.6 Å². The molecule has 2 aromatic rings. The lowest BCUT2D eigenvalue weighted by Gasteiger charge is -2.05. The van der Waals surface area contributed by atoms with E-state index in [9.17, 15) is 4.79 Å². The van der Waals surface area contributed by atoms with Crippen LogP contribution in [0, 0.1) is 6.92 Å². The Bertz CT molecular complexity index is 593. The minimum atomic E-state index is 0.0872. The van der Waals surface area contributed by atoms with Crippen molar-refractivity contribution in [3.05, 3.63) is 68.7 Å². The van der Waals surface area contributed by atoms with Crippen LogP contribution in [0.1, 0.15) is 21.5 Å². The van der Waals surface area contributed by atoms with Gasteiger partial charge in [0.2, 0.25) is 0 Å². The topological polar surface area (TPSA) is 17.1 Å². The third-order valence-electron chi connectivity index (χ3n) is 2.68. The Labute approximate surface area is 120 Å². The number of carbonyl (C=O) groups excluding carboxylic acids is 1. The lowest BCUT2D eigenvalue weighted by atomic mass is 10.0. The molecule has 0 aliphatic rings. The Morgan fingerprint density at radius 1 is 1.22 bits per heavy atom. The fourth-order valence-electron chi connectivity index (χ4n) is 1.77. The van der Waals surface area contributed by atoms with Crippen LogP contribution >= 0.6 is 27.5 Å². The molecule has 0 fully saturated rings. The average molecular weight is 324 g/mol. The fourth-order valence-corrected chi connectivity index (χ4v) is 2.70. The van der Waals surface area contributed by atoms with E-state index in [2.05, 4.69) is 15.9 Å². The van der Waals surface area contributed by atoms with Gasteiger partial charge in [-0.05, 0) is 42.3 Å². The van der Waals surface area contributed by atoms with Gasteiger partial charge in [-0.3, -0.25) is 4.79 Å². The normalized spacial score (nSPS) is 10.4. The Balaban J connectivity index is 2.22.